The molecule has 22 heteroatoms. The number of anilines is 6. The van der Waals surface area contributed by atoms with Gasteiger partial charge in [0.1, 0.15) is 23.3 Å². The molecule has 5 aromatic heterocycles. The zero-order chi connectivity index (χ0) is 48.4. The van der Waals surface area contributed by atoms with E-state index in [0.29, 0.717) is 50.4 Å². The van der Waals surface area contributed by atoms with E-state index in [2.05, 4.69) is 71.8 Å². The normalized spacial score (nSPS) is 11.0. The smallest absolute Gasteiger partial charge is 0.315 e. The maximum Gasteiger partial charge on any atom is 0.315 e. The van der Waals surface area contributed by atoms with E-state index in [1.165, 1.54) is 36.4 Å². The Balaban J connectivity index is 0.000000188. The van der Waals surface area contributed by atoms with Crippen LogP contribution in [0.4, 0.5) is 61.1 Å². The number of aromatic nitrogens is 10. The van der Waals surface area contributed by atoms with Gasteiger partial charge in [-0.05, 0) is 91.6 Å². The zero-order valence-corrected chi connectivity index (χ0v) is 37.1. The molecule has 9 aromatic rings. The number of H-pyrrole nitrogens is 2. The lowest BCUT2D eigenvalue weighted by Crippen LogP contribution is -2.06. The van der Waals surface area contributed by atoms with Crippen LogP contribution in [0.1, 0.15) is 42.3 Å². The summed E-state index contributed by atoms with van der Waals surface area (Å²) in [5.41, 5.74) is 2.83. The summed E-state index contributed by atoms with van der Waals surface area (Å²) in [6.45, 7) is 6.51. The number of imidazole rings is 1. The number of benzene rings is 4. The van der Waals surface area contributed by atoms with Crippen LogP contribution in [0.2, 0.25) is 0 Å². The van der Waals surface area contributed by atoms with Gasteiger partial charge >= 0.3 is 12.0 Å². The summed E-state index contributed by atoms with van der Waals surface area (Å²) in [7, 11) is 0. The predicted molar refractivity (Wildman–Crippen MR) is 245 cm³/mol. The van der Waals surface area contributed by atoms with E-state index in [1.807, 2.05) is 20.8 Å². The Bertz CT molecular complexity index is 3170. The minimum Gasteiger partial charge on any atom is -0.403 e. The molecule has 69 heavy (non-hydrogen) atoms. The Morgan fingerprint density at radius 2 is 1.10 bits per heavy atom. The average molecular weight is 949 g/mol. The topological polar surface area (TPSA) is 209 Å². The van der Waals surface area contributed by atoms with Gasteiger partial charge in [0, 0.05) is 50.1 Å². The number of halogens is 6. The van der Waals surface area contributed by atoms with Crippen LogP contribution in [-0.4, -0.2) is 63.6 Å². The van der Waals surface area contributed by atoms with Crippen LogP contribution >= 0.6 is 0 Å². The van der Waals surface area contributed by atoms with Crippen molar-refractivity contribution >= 4 is 34.8 Å². The van der Waals surface area contributed by atoms with E-state index >= 15 is 0 Å². The van der Waals surface area contributed by atoms with Gasteiger partial charge in [0.15, 0.2) is 29.1 Å². The zero-order valence-electron chi connectivity index (χ0n) is 37.1. The quantitative estimate of drug-likeness (QED) is 0.0470. The first-order valence-corrected chi connectivity index (χ1v) is 21.5. The molecule has 0 amide bonds. The first kappa shape index (κ1) is 47.0. The Kier molecular flexibility index (Phi) is 14.5. The molecule has 0 aliphatic heterocycles. The summed E-state index contributed by atoms with van der Waals surface area (Å²) in [4.78, 5) is 15.8. The Morgan fingerprint density at radius 3 is 1.58 bits per heavy atom. The third-order valence-electron chi connectivity index (χ3n) is 10.4. The summed E-state index contributed by atoms with van der Waals surface area (Å²) in [5.74, 6) is -3.87. The summed E-state index contributed by atoms with van der Waals surface area (Å²) in [6.07, 6.45) is 7.47. The van der Waals surface area contributed by atoms with Crippen LogP contribution in [0.25, 0.3) is 34.3 Å². The number of rotatable bonds is 17. The molecule has 0 fully saturated rings. The lowest BCUT2D eigenvalue weighted by atomic mass is 10.1. The van der Waals surface area contributed by atoms with Crippen molar-refractivity contribution < 1.29 is 35.2 Å². The molecule has 4 aromatic carbocycles. The minimum absolute atomic E-state index is 0.000412. The van der Waals surface area contributed by atoms with Crippen LogP contribution in [0.3, 0.4) is 0 Å². The standard InChI is InChI=1S/C25H21F3N8O.C22H21F3N6O/c1-2-14-3-6-19(18(27)13-14)31-22-16(4-5-17(26)21(22)28)24-35-36-25(37-24)30-12-9-20-32-23(34-33-20)15-7-10-29-11-8-15;1-3-13-4-7-17(16(24)10-13)29-20-14(5-6-15(23)19(20)25)21-30-31-22(32-21)26-9-8-18-27-11-12(2)28-18/h3-8,10-11,13,31H,2,9,12H2,1H3,(H,30,36)(H,32,33,34);4-7,10-11,29H,3,8-9H2,1-2H3,(H,26,31)(H,27,28). The molecule has 16 nitrogen and oxygen atoms in total. The molecule has 354 valence electrons. The third kappa shape index (κ3) is 11.4. The van der Waals surface area contributed by atoms with Crippen LogP contribution in [0.15, 0.2) is 100 Å². The molecule has 0 saturated carbocycles. The fourth-order valence-corrected chi connectivity index (χ4v) is 6.74. The molecule has 5 heterocycles. The van der Waals surface area contributed by atoms with E-state index in [1.54, 1.807) is 42.9 Å². The number of aryl methyl sites for hydroxylation is 3. The lowest BCUT2D eigenvalue weighted by molar-refractivity contribution is 0.511. The van der Waals surface area contributed by atoms with Gasteiger partial charge in [-0.15, -0.1) is 10.2 Å². The van der Waals surface area contributed by atoms with E-state index < -0.39 is 34.9 Å². The number of nitrogens with one attached hydrogen (secondary N) is 6. The SMILES string of the molecule is CCc1ccc(Nc2c(-c3nnc(NCCc4nc(-c5ccncc5)n[nH]4)o3)ccc(F)c2F)c(F)c1.CCc1ccc(Nc2c(-c3nnc(NCCc4nc(C)c[nH]4)o3)ccc(F)c2F)c(F)c1. The molecule has 0 atom stereocenters. The second-order valence-corrected chi connectivity index (χ2v) is 15.2. The van der Waals surface area contributed by atoms with E-state index in [0.717, 1.165) is 40.3 Å². The molecule has 6 N–H and O–H groups in total. The molecule has 0 spiro atoms. The molecule has 0 bridgehead atoms. The van der Waals surface area contributed by atoms with Crippen LogP contribution in [0, 0.1) is 41.8 Å². The Labute approximate surface area is 389 Å². The number of aromatic amines is 2. The van der Waals surface area contributed by atoms with E-state index in [9.17, 15) is 26.3 Å². The van der Waals surface area contributed by atoms with Gasteiger partial charge in [0.25, 0.3) is 11.8 Å². The van der Waals surface area contributed by atoms with Crippen molar-refractivity contribution in [3.8, 4) is 34.3 Å². The first-order valence-electron chi connectivity index (χ1n) is 21.5. The molecule has 0 unspecified atom stereocenters. The third-order valence-corrected chi connectivity index (χ3v) is 10.4. The van der Waals surface area contributed by atoms with Gasteiger partial charge in [-0.1, -0.05) is 36.2 Å². The second kappa shape index (κ2) is 21.4. The highest BCUT2D eigenvalue weighted by Gasteiger charge is 2.23. The molecule has 9 rings (SSSR count). The van der Waals surface area contributed by atoms with Gasteiger partial charge in [0.05, 0.1) is 39.6 Å². The lowest BCUT2D eigenvalue weighted by Gasteiger charge is -2.13. The molecular weight excluding hydrogens is 907 g/mol. The van der Waals surface area contributed by atoms with Crippen molar-refractivity contribution in [1.82, 2.24) is 50.5 Å². The van der Waals surface area contributed by atoms with Gasteiger partial charge in [-0.3, -0.25) is 10.1 Å². The molecule has 0 saturated heterocycles. The largest absolute Gasteiger partial charge is 0.403 e. The maximum absolute atomic E-state index is 14.7. The van der Waals surface area contributed by atoms with Crippen molar-refractivity contribution in [1.29, 1.82) is 0 Å². The van der Waals surface area contributed by atoms with Crippen molar-refractivity contribution in [3.05, 3.63) is 155 Å². The second-order valence-electron chi connectivity index (χ2n) is 15.2. The number of hydrogen-bond donors (Lipinski definition) is 6. The summed E-state index contributed by atoms with van der Waals surface area (Å²) in [6, 6.07) is 17.3. The molecular formula is C47H42F6N14O2. The number of pyridine rings is 1. The number of nitrogens with zero attached hydrogens (tertiary/aromatic N) is 8. The van der Waals surface area contributed by atoms with Crippen molar-refractivity contribution in [2.45, 2.75) is 46.5 Å². The van der Waals surface area contributed by atoms with Gasteiger partial charge < -0.3 is 35.1 Å². The van der Waals surface area contributed by atoms with Crippen LogP contribution < -0.4 is 21.3 Å². The molecule has 0 aliphatic carbocycles. The monoisotopic (exact) mass is 948 g/mol. The van der Waals surface area contributed by atoms with Crippen molar-refractivity contribution in [2.75, 3.05) is 34.4 Å². The Hall–Kier alpha value is -8.56. The van der Waals surface area contributed by atoms with E-state index in [-0.39, 0.29) is 57.7 Å². The van der Waals surface area contributed by atoms with Crippen molar-refractivity contribution in [2.24, 2.45) is 0 Å². The molecule has 0 radical (unpaired) electrons. The predicted octanol–water partition coefficient (Wildman–Crippen LogP) is 10.4. The Morgan fingerprint density at radius 1 is 0.580 bits per heavy atom. The summed E-state index contributed by atoms with van der Waals surface area (Å²) >= 11 is 0. The van der Waals surface area contributed by atoms with Gasteiger partial charge in [-0.2, -0.15) is 5.10 Å². The van der Waals surface area contributed by atoms with Crippen LogP contribution in [0.5, 0.6) is 0 Å². The minimum atomic E-state index is -1.19. The first-order chi connectivity index (χ1) is 33.5. The van der Waals surface area contributed by atoms with Gasteiger partial charge in [-0.25, -0.2) is 36.3 Å². The fraction of sp³-hybridized carbons (Fsp3) is 0.191. The highest BCUT2D eigenvalue weighted by molar-refractivity contribution is 5.79. The summed E-state index contributed by atoms with van der Waals surface area (Å²) in [5, 5.41) is 33.9. The molecule has 0 aliphatic rings. The highest BCUT2D eigenvalue weighted by atomic mass is 19.2. The van der Waals surface area contributed by atoms with Crippen LogP contribution in [-0.2, 0) is 25.7 Å². The van der Waals surface area contributed by atoms with E-state index in [4.69, 9.17) is 8.83 Å². The summed E-state index contributed by atoms with van der Waals surface area (Å²) < 4.78 is 97.5. The highest BCUT2D eigenvalue weighted by Crippen LogP contribution is 2.36. The van der Waals surface area contributed by atoms with Crippen molar-refractivity contribution in [3.63, 3.8) is 0 Å². The number of hydrogen-bond acceptors (Lipinski definition) is 14. The maximum atomic E-state index is 14.7. The fourth-order valence-electron chi connectivity index (χ4n) is 6.74. The average Bonchev–Trinajstić information content (AvgIpc) is 4.21. The van der Waals surface area contributed by atoms with Gasteiger partial charge in [0.2, 0.25) is 0 Å².